The Bertz CT molecular complexity index is 890. The molecule has 1 aromatic carbocycles. The normalized spacial score (nSPS) is 17.2. The average Bonchev–Trinajstić information content (AvgIpc) is 3.19. The SMILES string of the molecule is O=C(c1cc(-c2ccc(O)cc2)n[nH]1)N1CCCCC1c1ccccn1. The zero-order chi connectivity index (χ0) is 17.9. The second-order valence-electron chi connectivity index (χ2n) is 6.48. The number of piperidine rings is 1. The highest BCUT2D eigenvalue weighted by molar-refractivity contribution is 5.93. The summed E-state index contributed by atoms with van der Waals surface area (Å²) in [7, 11) is 0. The van der Waals surface area contributed by atoms with Crippen LogP contribution in [0.15, 0.2) is 54.7 Å². The number of pyridine rings is 1. The minimum Gasteiger partial charge on any atom is -0.508 e. The summed E-state index contributed by atoms with van der Waals surface area (Å²) in [5.74, 6) is 0.144. The van der Waals surface area contributed by atoms with Crippen LogP contribution in [-0.4, -0.2) is 37.6 Å². The standard InChI is InChI=1S/C20H20N4O2/c25-15-9-7-14(8-10-15)17-13-18(23-22-17)20(26)24-12-4-2-6-19(24)16-5-1-3-11-21-16/h1,3,5,7-11,13,19,25H,2,4,6,12H2,(H,22,23). The van der Waals surface area contributed by atoms with Gasteiger partial charge in [0.05, 0.1) is 17.4 Å². The summed E-state index contributed by atoms with van der Waals surface area (Å²) >= 11 is 0. The van der Waals surface area contributed by atoms with Crippen LogP contribution < -0.4 is 0 Å². The van der Waals surface area contributed by atoms with Crippen LogP contribution in [0, 0.1) is 0 Å². The summed E-state index contributed by atoms with van der Waals surface area (Å²) in [6, 6.07) is 14.3. The van der Waals surface area contributed by atoms with Crippen molar-refractivity contribution in [2.45, 2.75) is 25.3 Å². The summed E-state index contributed by atoms with van der Waals surface area (Å²) in [6.07, 6.45) is 4.77. The molecule has 0 bridgehead atoms. The average molecular weight is 348 g/mol. The second kappa shape index (κ2) is 7.00. The van der Waals surface area contributed by atoms with Crippen molar-refractivity contribution in [3.8, 4) is 17.0 Å². The number of carbonyl (C=O) groups excluding carboxylic acids is 1. The molecule has 4 rings (SSSR count). The molecule has 0 saturated carbocycles. The number of aromatic hydroxyl groups is 1. The van der Waals surface area contributed by atoms with Gasteiger partial charge in [-0.05, 0) is 61.7 Å². The maximum atomic E-state index is 13.1. The molecule has 2 N–H and O–H groups in total. The van der Waals surface area contributed by atoms with Gasteiger partial charge >= 0.3 is 0 Å². The smallest absolute Gasteiger partial charge is 0.272 e. The van der Waals surface area contributed by atoms with Gasteiger partial charge in [-0.3, -0.25) is 14.9 Å². The van der Waals surface area contributed by atoms with Crippen LogP contribution in [0.3, 0.4) is 0 Å². The Kier molecular flexibility index (Phi) is 4.39. The molecule has 6 nitrogen and oxygen atoms in total. The minimum absolute atomic E-state index is 0.00197. The lowest BCUT2D eigenvalue weighted by Gasteiger charge is -2.35. The lowest BCUT2D eigenvalue weighted by atomic mass is 9.98. The maximum absolute atomic E-state index is 13.1. The number of nitrogens with zero attached hydrogens (tertiary/aromatic N) is 3. The number of phenols is 1. The first-order valence-corrected chi connectivity index (χ1v) is 8.79. The molecule has 1 aliphatic rings. The van der Waals surface area contributed by atoms with E-state index in [1.54, 1.807) is 36.5 Å². The topological polar surface area (TPSA) is 82.1 Å². The highest BCUT2D eigenvalue weighted by Gasteiger charge is 2.30. The van der Waals surface area contributed by atoms with Crippen molar-refractivity contribution < 1.29 is 9.90 Å². The Morgan fingerprint density at radius 3 is 2.77 bits per heavy atom. The predicted octanol–water partition coefficient (Wildman–Crippen LogP) is 3.54. The van der Waals surface area contributed by atoms with Crippen molar-refractivity contribution in [2.24, 2.45) is 0 Å². The van der Waals surface area contributed by atoms with E-state index in [9.17, 15) is 9.90 Å². The Morgan fingerprint density at radius 2 is 2.00 bits per heavy atom. The molecular formula is C20H20N4O2. The Balaban J connectivity index is 1.59. The molecular weight excluding hydrogens is 328 g/mol. The van der Waals surface area contributed by atoms with Gasteiger partial charge in [0.1, 0.15) is 11.4 Å². The van der Waals surface area contributed by atoms with Gasteiger partial charge < -0.3 is 10.0 Å². The van der Waals surface area contributed by atoms with E-state index in [4.69, 9.17) is 0 Å². The van der Waals surface area contributed by atoms with Crippen molar-refractivity contribution in [1.29, 1.82) is 0 Å². The summed E-state index contributed by atoms with van der Waals surface area (Å²) in [5, 5.41) is 16.5. The van der Waals surface area contributed by atoms with Crippen molar-refractivity contribution >= 4 is 5.91 Å². The van der Waals surface area contributed by atoms with Crippen molar-refractivity contribution in [1.82, 2.24) is 20.1 Å². The molecule has 1 unspecified atom stereocenters. The number of rotatable bonds is 3. The van der Waals surface area contributed by atoms with E-state index < -0.39 is 0 Å². The summed E-state index contributed by atoms with van der Waals surface area (Å²) in [4.78, 5) is 19.4. The number of amides is 1. The highest BCUT2D eigenvalue weighted by Crippen LogP contribution is 2.31. The van der Waals surface area contributed by atoms with E-state index in [0.29, 0.717) is 17.9 Å². The van der Waals surface area contributed by atoms with Gasteiger partial charge in [-0.15, -0.1) is 0 Å². The van der Waals surface area contributed by atoms with E-state index >= 15 is 0 Å². The summed E-state index contributed by atoms with van der Waals surface area (Å²) in [6.45, 7) is 0.716. The number of hydrogen-bond acceptors (Lipinski definition) is 4. The molecule has 0 spiro atoms. The zero-order valence-electron chi connectivity index (χ0n) is 14.3. The molecule has 1 atom stereocenters. The van der Waals surface area contributed by atoms with E-state index in [2.05, 4.69) is 15.2 Å². The Morgan fingerprint density at radius 1 is 1.15 bits per heavy atom. The van der Waals surface area contributed by atoms with Crippen LogP contribution >= 0.6 is 0 Å². The van der Waals surface area contributed by atoms with Crippen molar-refractivity contribution in [3.05, 3.63) is 66.1 Å². The summed E-state index contributed by atoms with van der Waals surface area (Å²) in [5.41, 5.74) is 2.92. The van der Waals surface area contributed by atoms with Crippen LogP contribution in [0.1, 0.15) is 41.5 Å². The number of likely N-dealkylation sites (tertiary alicyclic amines) is 1. The lowest BCUT2D eigenvalue weighted by molar-refractivity contribution is 0.0600. The van der Waals surface area contributed by atoms with Gasteiger partial charge in [-0.2, -0.15) is 5.10 Å². The van der Waals surface area contributed by atoms with Crippen LogP contribution in [0.25, 0.3) is 11.3 Å². The number of aromatic nitrogens is 3. The molecule has 26 heavy (non-hydrogen) atoms. The van der Waals surface area contributed by atoms with Gasteiger partial charge in [-0.25, -0.2) is 0 Å². The first-order valence-electron chi connectivity index (χ1n) is 8.79. The quantitative estimate of drug-likeness (QED) is 0.758. The molecule has 1 saturated heterocycles. The van der Waals surface area contributed by atoms with Crippen molar-refractivity contribution in [2.75, 3.05) is 6.54 Å². The van der Waals surface area contributed by atoms with Gasteiger partial charge in [0.2, 0.25) is 0 Å². The van der Waals surface area contributed by atoms with Gasteiger partial charge in [-0.1, -0.05) is 6.07 Å². The summed E-state index contributed by atoms with van der Waals surface area (Å²) < 4.78 is 0. The van der Waals surface area contributed by atoms with E-state index in [1.165, 1.54) is 0 Å². The number of aromatic amines is 1. The highest BCUT2D eigenvalue weighted by atomic mass is 16.3. The van der Waals surface area contributed by atoms with Crippen LogP contribution in [0.4, 0.5) is 0 Å². The van der Waals surface area contributed by atoms with E-state index in [1.807, 2.05) is 23.1 Å². The number of hydrogen-bond donors (Lipinski definition) is 2. The molecule has 1 amide bonds. The maximum Gasteiger partial charge on any atom is 0.272 e. The Hall–Kier alpha value is -3.15. The predicted molar refractivity (Wildman–Crippen MR) is 97.6 cm³/mol. The molecule has 6 heteroatoms. The van der Waals surface area contributed by atoms with Gasteiger partial charge in [0, 0.05) is 18.3 Å². The molecule has 132 valence electrons. The molecule has 1 aliphatic heterocycles. The zero-order valence-corrected chi connectivity index (χ0v) is 14.3. The lowest BCUT2D eigenvalue weighted by Crippen LogP contribution is -2.39. The second-order valence-corrected chi connectivity index (χ2v) is 6.48. The minimum atomic E-state index is -0.0575. The first kappa shape index (κ1) is 16.3. The number of H-pyrrole nitrogens is 1. The molecule has 0 aliphatic carbocycles. The fourth-order valence-electron chi connectivity index (χ4n) is 3.42. The Labute approximate surface area is 151 Å². The first-order chi connectivity index (χ1) is 12.7. The van der Waals surface area contributed by atoms with Gasteiger partial charge in [0.15, 0.2) is 0 Å². The van der Waals surface area contributed by atoms with Crippen molar-refractivity contribution in [3.63, 3.8) is 0 Å². The monoisotopic (exact) mass is 348 g/mol. The van der Waals surface area contributed by atoms with E-state index in [-0.39, 0.29) is 17.7 Å². The van der Waals surface area contributed by atoms with E-state index in [0.717, 1.165) is 30.5 Å². The van der Waals surface area contributed by atoms with Gasteiger partial charge in [0.25, 0.3) is 5.91 Å². The largest absolute Gasteiger partial charge is 0.508 e. The number of nitrogens with one attached hydrogen (secondary N) is 1. The molecule has 3 heterocycles. The molecule has 3 aromatic rings. The fraction of sp³-hybridized carbons (Fsp3) is 0.250. The molecule has 0 radical (unpaired) electrons. The molecule has 2 aromatic heterocycles. The fourth-order valence-corrected chi connectivity index (χ4v) is 3.42. The number of carbonyl (C=O) groups is 1. The number of benzene rings is 1. The number of phenolic OH excluding ortho intramolecular Hbond substituents is 1. The van der Waals surface area contributed by atoms with Crippen LogP contribution in [0.5, 0.6) is 5.75 Å². The van der Waals surface area contributed by atoms with Crippen LogP contribution in [0.2, 0.25) is 0 Å². The third-order valence-corrected chi connectivity index (χ3v) is 4.76. The third kappa shape index (κ3) is 3.18. The molecule has 1 fully saturated rings. The third-order valence-electron chi connectivity index (χ3n) is 4.76. The van der Waals surface area contributed by atoms with Crippen LogP contribution in [-0.2, 0) is 0 Å².